The summed E-state index contributed by atoms with van der Waals surface area (Å²) in [7, 11) is 1.58. The lowest BCUT2D eigenvalue weighted by Crippen LogP contribution is -2.31. The monoisotopic (exact) mass is 370 g/mol. The van der Waals surface area contributed by atoms with Gasteiger partial charge in [-0.3, -0.25) is 9.59 Å². The van der Waals surface area contributed by atoms with Crippen molar-refractivity contribution < 1.29 is 9.53 Å². The number of hydrogen-bond acceptors (Lipinski definition) is 3. The third-order valence-corrected chi connectivity index (χ3v) is 4.87. The molecule has 1 amide bonds. The molecule has 3 rings (SSSR count). The number of anilines is 1. The molecule has 0 aliphatic rings. The second-order valence-electron chi connectivity index (χ2n) is 6.06. The van der Waals surface area contributed by atoms with Crippen molar-refractivity contribution in [3.63, 3.8) is 0 Å². The number of amides is 1. The van der Waals surface area contributed by atoms with Gasteiger partial charge in [0.05, 0.1) is 7.11 Å². The zero-order valence-electron chi connectivity index (χ0n) is 14.7. The van der Waals surface area contributed by atoms with Crippen molar-refractivity contribution >= 4 is 34.0 Å². The first kappa shape index (κ1) is 18.0. The molecule has 1 aromatic heterocycles. The number of carbonyl (C=O) groups is 1. The third-order valence-electron chi connectivity index (χ3n) is 4.46. The van der Waals surface area contributed by atoms with E-state index in [-0.39, 0.29) is 11.5 Å². The van der Waals surface area contributed by atoms with Crippen molar-refractivity contribution in [2.24, 2.45) is 0 Å². The van der Waals surface area contributed by atoms with E-state index in [0.29, 0.717) is 21.8 Å². The predicted molar refractivity (Wildman–Crippen MR) is 104 cm³/mol. The zero-order chi connectivity index (χ0) is 18.8. The summed E-state index contributed by atoms with van der Waals surface area (Å²) >= 11 is 6.09. The van der Waals surface area contributed by atoms with Crippen molar-refractivity contribution in [1.82, 2.24) is 4.57 Å². The summed E-state index contributed by atoms with van der Waals surface area (Å²) < 4.78 is 6.60. The van der Waals surface area contributed by atoms with Gasteiger partial charge in [0.2, 0.25) is 5.91 Å². The van der Waals surface area contributed by atoms with Gasteiger partial charge in [-0.05, 0) is 61.2 Å². The number of methoxy groups -OCH3 is 1. The molecule has 0 saturated heterocycles. The Kier molecular flexibility index (Phi) is 5.00. The zero-order valence-corrected chi connectivity index (χ0v) is 15.5. The molecule has 0 radical (unpaired) electrons. The first-order valence-corrected chi connectivity index (χ1v) is 8.55. The lowest BCUT2D eigenvalue weighted by atomic mass is 10.1. The Balaban J connectivity index is 1.93. The average Bonchev–Trinajstić information content (AvgIpc) is 2.64. The van der Waals surface area contributed by atoms with E-state index in [1.165, 1.54) is 4.57 Å². The van der Waals surface area contributed by atoms with E-state index in [1.807, 2.05) is 6.92 Å². The second kappa shape index (κ2) is 7.22. The molecule has 2 aromatic carbocycles. The number of halogens is 1. The van der Waals surface area contributed by atoms with Crippen LogP contribution >= 0.6 is 11.6 Å². The van der Waals surface area contributed by atoms with Crippen LogP contribution in [0.2, 0.25) is 5.02 Å². The topological polar surface area (TPSA) is 60.3 Å². The number of carbonyl (C=O) groups excluding carboxylic acids is 1. The van der Waals surface area contributed by atoms with Crippen LogP contribution in [0, 0.1) is 6.92 Å². The average molecular weight is 371 g/mol. The molecule has 0 aliphatic heterocycles. The maximum Gasteiger partial charge on any atom is 0.259 e. The third kappa shape index (κ3) is 3.30. The molecule has 1 atom stereocenters. The van der Waals surface area contributed by atoms with Gasteiger partial charge in [-0.1, -0.05) is 17.7 Å². The number of pyridine rings is 1. The van der Waals surface area contributed by atoms with Crippen molar-refractivity contribution in [3.05, 3.63) is 69.6 Å². The van der Waals surface area contributed by atoms with E-state index in [1.54, 1.807) is 62.7 Å². The minimum absolute atomic E-state index is 0.226. The van der Waals surface area contributed by atoms with Crippen LogP contribution in [0.5, 0.6) is 5.75 Å². The number of nitrogens with zero attached hydrogens (tertiary/aromatic N) is 1. The van der Waals surface area contributed by atoms with Gasteiger partial charge in [0.1, 0.15) is 11.8 Å². The van der Waals surface area contributed by atoms with Crippen LogP contribution in [0.25, 0.3) is 10.8 Å². The Morgan fingerprint density at radius 2 is 2.00 bits per heavy atom. The molecule has 0 aliphatic carbocycles. The predicted octanol–water partition coefficient (Wildman–Crippen LogP) is 4.17. The Hall–Kier alpha value is -2.79. The highest BCUT2D eigenvalue weighted by Gasteiger charge is 2.18. The van der Waals surface area contributed by atoms with Gasteiger partial charge in [-0.25, -0.2) is 0 Å². The van der Waals surface area contributed by atoms with Crippen LogP contribution in [0.1, 0.15) is 18.5 Å². The Morgan fingerprint density at radius 3 is 2.73 bits per heavy atom. The molecular weight excluding hydrogens is 352 g/mol. The van der Waals surface area contributed by atoms with Crippen LogP contribution in [-0.2, 0) is 4.79 Å². The molecule has 1 unspecified atom stereocenters. The Labute approximate surface area is 156 Å². The molecule has 26 heavy (non-hydrogen) atoms. The van der Waals surface area contributed by atoms with Gasteiger partial charge in [-0.15, -0.1) is 0 Å². The fourth-order valence-electron chi connectivity index (χ4n) is 2.78. The molecular formula is C20H19ClN2O3. The summed E-state index contributed by atoms with van der Waals surface area (Å²) in [6, 6.07) is 11.7. The maximum absolute atomic E-state index is 12.8. The normalized spacial score (nSPS) is 12.0. The van der Waals surface area contributed by atoms with Crippen molar-refractivity contribution in [1.29, 1.82) is 0 Å². The molecule has 0 spiro atoms. The van der Waals surface area contributed by atoms with Crippen LogP contribution in [0.3, 0.4) is 0 Å². The number of ether oxygens (including phenoxy) is 1. The van der Waals surface area contributed by atoms with Crippen LogP contribution in [0.15, 0.2) is 53.5 Å². The highest BCUT2D eigenvalue weighted by molar-refractivity contribution is 6.31. The molecule has 134 valence electrons. The molecule has 0 fully saturated rings. The number of nitrogens with one attached hydrogen (secondary N) is 1. The number of hydrogen-bond donors (Lipinski definition) is 1. The van der Waals surface area contributed by atoms with E-state index >= 15 is 0 Å². The first-order chi connectivity index (χ1) is 12.4. The van der Waals surface area contributed by atoms with Gasteiger partial charge >= 0.3 is 0 Å². The second-order valence-corrected chi connectivity index (χ2v) is 6.47. The van der Waals surface area contributed by atoms with Gasteiger partial charge in [-0.2, -0.15) is 0 Å². The summed E-state index contributed by atoms with van der Waals surface area (Å²) in [5.74, 6) is 0.391. The SMILES string of the molecule is COc1ccc2c(=O)n(C(C)C(=O)Nc3cccc(Cl)c3C)ccc2c1. The lowest BCUT2D eigenvalue weighted by Gasteiger charge is -2.17. The van der Waals surface area contributed by atoms with Crippen molar-refractivity contribution in [2.45, 2.75) is 19.9 Å². The first-order valence-electron chi connectivity index (χ1n) is 8.17. The van der Waals surface area contributed by atoms with Gasteiger partial charge < -0.3 is 14.6 Å². The molecule has 1 N–H and O–H groups in total. The highest BCUT2D eigenvalue weighted by Crippen LogP contribution is 2.24. The summed E-state index contributed by atoms with van der Waals surface area (Å²) in [6.45, 7) is 3.52. The fraction of sp³-hybridized carbons (Fsp3) is 0.200. The maximum atomic E-state index is 12.8. The lowest BCUT2D eigenvalue weighted by molar-refractivity contribution is -0.118. The van der Waals surface area contributed by atoms with E-state index < -0.39 is 6.04 Å². The summed E-state index contributed by atoms with van der Waals surface area (Å²) in [6.07, 6.45) is 1.62. The molecule has 0 bridgehead atoms. The Morgan fingerprint density at radius 1 is 1.23 bits per heavy atom. The van der Waals surface area contributed by atoms with Crippen molar-refractivity contribution in [3.8, 4) is 5.75 Å². The van der Waals surface area contributed by atoms with Crippen LogP contribution < -0.4 is 15.6 Å². The number of benzene rings is 2. The molecule has 3 aromatic rings. The Bertz CT molecular complexity index is 1040. The largest absolute Gasteiger partial charge is 0.497 e. The van der Waals surface area contributed by atoms with E-state index in [9.17, 15) is 9.59 Å². The number of fused-ring (bicyclic) bond motifs is 1. The van der Waals surface area contributed by atoms with Gasteiger partial charge in [0, 0.05) is 22.3 Å². The number of rotatable bonds is 4. The summed E-state index contributed by atoms with van der Waals surface area (Å²) in [5, 5.41) is 4.72. The minimum Gasteiger partial charge on any atom is -0.497 e. The van der Waals surface area contributed by atoms with Gasteiger partial charge in [0.15, 0.2) is 0 Å². The molecule has 0 saturated carbocycles. The summed E-state index contributed by atoms with van der Waals surface area (Å²) in [4.78, 5) is 25.4. The van der Waals surface area contributed by atoms with Crippen molar-refractivity contribution in [2.75, 3.05) is 12.4 Å². The van der Waals surface area contributed by atoms with Gasteiger partial charge in [0.25, 0.3) is 5.56 Å². The molecule has 1 heterocycles. The van der Waals surface area contributed by atoms with E-state index in [0.717, 1.165) is 10.9 Å². The molecule has 6 heteroatoms. The smallest absolute Gasteiger partial charge is 0.259 e. The van der Waals surface area contributed by atoms with E-state index in [2.05, 4.69) is 5.32 Å². The standard InChI is InChI=1S/C20H19ClN2O3/c1-12-17(21)5-4-6-18(12)22-19(24)13(2)23-10-9-14-11-15(26-3)7-8-16(14)20(23)25/h4-11,13H,1-3H3,(H,22,24). The number of aromatic nitrogens is 1. The van der Waals surface area contributed by atoms with E-state index in [4.69, 9.17) is 16.3 Å². The molecule has 5 nitrogen and oxygen atoms in total. The quantitative estimate of drug-likeness (QED) is 0.749. The summed E-state index contributed by atoms with van der Waals surface area (Å²) in [5.41, 5.74) is 1.19. The highest BCUT2D eigenvalue weighted by atomic mass is 35.5. The minimum atomic E-state index is -0.674. The van der Waals surface area contributed by atoms with Crippen LogP contribution in [0.4, 0.5) is 5.69 Å². The fourth-order valence-corrected chi connectivity index (χ4v) is 2.95. The van der Waals surface area contributed by atoms with Crippen LogP contribution in [-0.4, -0.2) is 17.6 Å².